The molecule has 8 nitrogen and oxygen atoms in total. The molecule has 0 radical (unpaired) electrons. The number of nitrogens with zero attached hydrogens (tertiary/aromatic N) is 3. The van der Waals surface area contributed by atoms with Crippen LogP contribution in [0.25, 0.3) is 16.9 Å². The second-order valence-corrected chi connectivity index (χ2v) is 9.82. The van der Waals surface area contributed by atoms with Crippen LogP contribution in [-0.4, -0.2) is 53.6 Å². The molecule has 0 aliphatic heterocycles. The van der Waals surface area contributed by atoms with Crippen LogP contribution >= 0.6 is 11.6 Å². The van der Waals surface area contributed by atoms with Crippen LogP contribution in [0.2, 0.25) is 5.02 Å². The number of rotatable bonds is 10. The summed E-state index contributed by atoms with van der Waals surface area (Å²) < 4.78 is 12.4. The van der Waals surface area contributed by atoms with Crippen LogP contribution in [0.3, 0.4) is 0 Å². The number of ether oxygens (including phenoxy) is 2. The Balaban J connectivity index is 1.62. The van der Waals surface area contributed by atoms with Crippen molar-refractivity contribution in [2.24, 2.45) is 5.92 Å². The Morgan fingerprint density at radius 3 is 2.31 bits per heavy atom. The quantitative estimate of drug-likeness (QED) is 0.266. The van der Waals surface area contributed by atoms with Crippen LogP contribution in [0.1, 0.15) is 24.2 Å². The average Bonchev–Trinajstić information content (AvgIpc) is 3.36. The van der Waals surface area contributed by atoms with Gasteiger partial charge in [0.2, 0.25) is 11.9 Å². The van der Waals surface area contributed by atoms with Crippen molar-refractivity contribution in [2.75, 3.05) is 32.6 Å². The standard InChI is InChI=1S/C30H31ClN4O4/c1-20(2)17-34(29(37)22-10-14-25(38-3)15-11-22)19-28(36)33-30-32-27(21-8-12-23(31)13-9-21)18-35(30)24-6-5-7-26(16-24)39-4/h5-16,18,20H,17,19H2,1-4H3,(H,32,33,36). The van der Waals surface area contributed by atoms with E-state index in [2.05, 4.69) is 5.32 Å². The number of aromatic nitrogens is 2. The van der Waals surface area contributed by atoms with Gasteiger partial charge in [-0.3, -0.25) is 19.5 Å². The van der Waals surface area contributed by atoms with E-state index in [1.807, 2.05) is 56.4 Å². The fourth-order valence-corrected chi connectivity index (χ4v) is 4.23. The van der Waals surface area contributed by atoms with Crippen LogP contribution in [0.4, 0.5) is 5.95 Å². The van der Waals surface area contributed by atoms with Crippen molar-refractivity contribution in [1.82, 2.24) is 14.5 Å². The number of hydrogen-bond acceptors (Lipinski definition) is 5. The topological polar surface area (TPSA) is 85.7 Å². The third kappa shape index (κ3) is 6.97. The highest BCUT2D eigenvalue weighted by Crippen LogP contribution is 2.27. The molecule has 0 spiro atoms. The maximum absolute atomic E-state index is 13.3. The number of imidazole rings is 1. The van der Waals surface area contributed by atoms with Gasteiger partial charge in [0, 0.05) is 35.0 Å². The highest BCUT2D eigenvalue weighted by atomic mass is 35.5. The molecule has 0 saturated heterocycles. The fraction of sp³-hybridized carbons (Fsp3) is 0.233. The Bertz CT molecular complexity index is 1430. The summed E-state index contributed by atoms with van der Waals surface area (Å²) in [4.78, 5) is 32.9. The molecule has 2 amide bonds. The molecule has 0 fully saturated rings. The van der Waals surface area contributed by atoms with Crippen molar-refractivity contribution >= 4 is 29.4 Å². The highest BCUT2D eigenvalue weighted by Gasteiger charge is 2.22. The first kappa shape index (κ1) is 27.7. The normalized spacial score (nSPS) is 10.8. The van der Waals surface area contributed by atoms with Gasteiger partial charge in [-0.1, -0.05) is 43.6 Å². The van der Waals surface area contributed by atoms with Crippen LogP contribution in [0.5, 0.6) is 11.5 Å². The van der Waals surface area contributed by atoms with Crippen molar-refractivity contribution in [3.05, 3.63) is 89.6 Å². The first-order valence-corrected chi connectivity index (χ1v) is 12.9. The molecule has 3 aromatic carbocycles. The molecule has 1 N–H and O–H groups in total. The van der Waals surface area contributed by atoms with Gasteiger partial charge in [0.15, 0.2) is 0 Å². The van der Waals surface area contributed by atoms with Crippen LogP contribution < -0.4 is 14.8 Å². The largest absolute Gasteiger partial charge is 0.497 e. The summed E-state index contributed by atoms with van der Waals surface area (Å²) in [6, 6.07) is 21.6. The maximum atomic E-state index is 13.3. The first-order chi connectivity index (χ1) is 18.8. The third-order valence-electron chi connectivity index (χ3n) is 5.97. The summed E-state index contributed by atoms with van der Waals surface area (Å²) in [6.07, 6.45) is 1.84. The molecule has 0 unspecified atom stereocenters. The molecule has 39 heavy (non-hydrogen) atoms. The molecule has 0 atom stereocenters. The van der Waals surface area contributed by atoms with Crippen LogP contribution in [0.15, 0.2) is 79.0 Å². The zero-order chi connectivity index (χ0) is 27.9. The molecule has 9 heteroatoms. The minimum Gasteiger partial charge on any atom is -0.497 e. The first-order valence-electron chi connectivity index (χ1n) is 12.5. The zero-order valence-corrected chi connectivity index (χ0v) is 23.1. The summed E-state index contributed by atoms with van der Waals surface area (Å²) in [7, 11) is 3.16. The molecule has 0 aliphatic rings. The minimum absolute atomic E-state index is 0.135. The van der Waals surface area contributed by atoms with E-state index in [4.69, 9.17) is 26.1 Å². The second-order valence-electron chi connectivity index (χ2n) is 9.38. The van der Waals surface area contributed by atoms with E-state index in [1.165, 1.54) is 0 Å². The van der Waals surface area contributed by atoms with Crippen molar-refractivity contribution < 1.29 is 19.1 Å². The molecule has 1 aromatic heterocycles. The Hall–Kier alpha value is -4.30. The van der Waals surface area contributed by atoms with Gasteiger partial charge in [0.1, 0.15) is 18.0 Å². The van der Waals surface area contributed by atoms with Gasteiger partial charge in [0.05, 0.1) is 25.6 Å². The van der Waals surface area contributed by atoms with Crippen LogP contribution in [0, 0.1) is 5.92 Å². The van der Waals surface area contributed by atoms with E-state index in [9.17, 15) is 9.59 Å². The van der Waals surface area contributed by atoms with Crippen molar-refractivity contribution in [2.45, 2.75) is 13.8 Å². The van der Waals surface area contributed by atoms with Gasteiger partial charge < -0.3 is 14.4 Å². The molecule has 4 rings (SSSR count). The Labute approximate surface area is 233 Å². The van der Waals surface area contributed by atoms with E-state index in [-0.39, 0.29) is 24.3 Å². The predicted molar refractivity (Wildman–Crippen MR) is 153 cm³/mol. The molecular weight excluding hydrogens is 516 g/mol. The number of hydrogen-bond donors (Lipinski definition) is 1. The lowest BCUT2D eigenvalue weighted by Crippen LogP contribution is -2.40. The van der Waals surface area contributed by atoms with Gasteiger partial charge >= 0.3 is 0 Å². The predicted octanol–water partition coefficient (Wildman–Crippen LogP) is 5.95. The third-order valence-corrected chi connectivity index (χ3v) is 6.22. The van der Waals surface area contributed by atoms with E-state index in [0.717, 1.165) is 11.3 Å². The number of carbonyl (C=O) groups excluding carboxylic acids is 2. The lowest BCUT2D eigenvalue weighted by Gasteiger charge is -2.24. The van der Waals surface area contributed by atoms with Gasteiger partial charge in [-0.25, -0.2) is 4.98 Å². The molecule has 4 aromatic rings. The zero-order valence-electron chi connectivity index (χ0n) is 22.3. The lowest BCUT2D eigenvalue weighted by atomic mass is 10.1. The fourth-order valence-electron chi connectivity index (χ4n) is 4.10. The smallest absolute Gasteiger partial charge is 0.254 e. The summed E-state index contributed by atoms with van der Waals surface area (Å²) in [5.74, 6) is 1.20. The number of benzene rings is 3. The summed E-state index contributed by atoms with van der Waals surface area (Å²) in [5, 5.41) is 3.53. The summed E-state index contributed by atoms with van der Waals surface area (Å²) in [5.41, 5.74) is 2.73. The Kier molecular flexibility index (Phi) is 8.88. The van der Waals surface area contributed by atoms with E-state index in [1.54, 1.807) is 60.1 Å². The van der Waals surface area contributed by atoms with E-state index >= 15 is 0 Å². The van der Waals surface area contributed by atoms with E-state index < -0.39 is 0 Å². The Morgan fingerprint density at radius 1 is 0.974 bits per heavy atom. The number of halogens is 1. The monoisotopic (exact) mass is 546 g/mol. The number of anilines is 1. The number of carbonyl (C=O) groups is 2. The molecule has 0 bridgehead atoms. The lowest BCUT2D eigenvalue weighted by molar-refractivity contribution is -0.117. The SMILES string of the molecule is COc1ccc(C(=O)N(CC(=O)Nc2nc(-c3ccc(Cl)cc3)cn2-c2cccc(OC)c2)CC(C)C)cc1. The van der Waals surface area contributed by atoms with Gasteiger partial charge in [-0.15, -0.1) is 0 Å². The molecule has 0 aliphatic carbocycles. The second kappa shape index (κ2) is 12.5. The number of amides is 2. The highest BCUT2D eigenvalue weighted by molar-refractivity contribution is 6.30. The number of methoxy groups -OCH3 is 2. The van der Waals surface area contributed by atoms with E-state index in [0.29, 0.717) is 40.3 Å². The Morgan fingerprint density at radius 2 is 1.67 bits per heavy atom. The van der Waals surface area contributed by atoms with Gasteiger partial charge in [0.25, 0.3) is 5.91 Å². The average molecular weight is 547 g/mol. The van der Waals surface area contributed by atoms with Gasteiger partial charge in [-0.05, 0) is 54.4 Å². The summed E-state index contributed by atoms with van der Waals surface area (Å²) in [6.45, 7) is 4.28. The maximum Gasteiger partial charge on any atom is 0.254 e. The van der Waals surface area contributed by atoms with Crippen molar-refractivity contribution in [1.29, 1.82) is 0 Å². The molecule has 0 saturated carbocycles. The van der Waals surface area contributed by atoms with Crippen molar-refractivity contribution in [3.8, 4) is 28.4 Å². The molecule has 1 heterocycles. The molecule has 202 valence electrons. The number of nitrogens with one attached hydrogen (secondary N) is 1. The van der Waals surface area contributed by atoms with Crippen LogP contribution in [-0.2, 0) is 4.79 Å². The van der Waals surface area contributed by atoms with Gasteiger partial charge in [-0.2, -0.15) is 0 Å². The van der Waals surface area contributed by atoms with Crippen molar-refractivity contribution in [3.63, 3.8) is 0 Å². The summed E-state index contributed by atoms with van der Waals surface area (Å²) >= 11 is 6.07. The minimum atomic E-state index is -0.366. The molecular formula is C30H31ClN4O4.